The maximum absolute atomic E-state index is 12.3. The molecule has 3 rings (SSSR count). The van der Waals surface area contributed by atoms with E-state index in [4.69, 9.17) is 21.1 Å². The molecule has 0 aliphatic carbocycles. The largest absolute Gasteiger partial charge is 0.479 e. The van der Waals surface area contributed by atoms with Crippen LogP contribution in [0.15, 0.2) is 78.9 Å². The van der Waals surface area contributed by atoms with Gasteiger partial charge in [0.1, 0.15) is 17.2 Å². The van der Waals surface area contributed by atoms with Gasteiger partial charge in [-0.3, -0.25) is 4.79 Å². The van der Waals surface area contributed by atoms with Crippen LogP contribution < -0.4 is 14.8 Å². The average Bonchev–Trinajstić information content (AvgIpc) is 2.66. The summed E-state index contributed by atoms with van der Waals surface area (Å²) in [5, 5.41) is 3.28. The van der Waals surface area contributed by atoms with Crippen LogP contribution in [0, 0.1) is 0 Å². The number of benzene rings is 3. The van der Waals surface area contributed by atoms with Gasteiger partial charge in [0.25, 0.3) is 5.91 Å². The van der Waals surface area contributed by atoms with Gasteiger partial charge >= 0.3 is 0 Å². The number of carbonyl (C=O) groups excluding carboxylic acids is 1. The highest BCUT2D eigenvalue weighted by Gasteiger charge is 2.16. The van der Waals surface area contributed by atoms with E-state index in [2.05, 4.69) is 5.32 Å². The van der Waals surface area contributed by atoms with Gasteiger partial charge < -0.3 is 14.8 Å². The van der Waals surface area contributed by atoms with Crippen molar-refractivity contribution in [2.24, 2.45) is 0 Å². The lowest BCUT2D eigenvalue weighted by molar-refractivity contribution is -0.122. The zero-order valence-electron chi connectivity index (χ0n) is 14.2. The van der Waals surface area contributed by atoms with Crippen molar-refractivity contribution in [2.75, 3.05) is 5.32 Å². The molecule has 0 heterocycles. The number of para-hydroxylation sites is 2. The molecule has 0 aromatic heterocycles. The minimum Gasteiger partial charge on any atom is -0.479 e. The number of rotatable bonds is 6. The van der Waals surface area contributed by atoms with Crippen molar-refractivity contribution in [1.29, 1.82) is 0 Å². The Morgan fingerprint density at radius 1 is 0.885 bits per heavy atom. The fourth-order valence-electron chi connectivity index (χ4n) is 2.26. The molecule has 0 fully saturated rings. The summed E-state index contributed by atoms with van der Waals surface area (Å²) in [6.45, 7) is 1.67. The normalized spacial score (nSPS) is 11.5. The van der Waals surface area contributed by atoms with Crippen LogP contribution in [0.4, 0.5) is 5.69 Å². The molecular weight excluding hydrogens is 350 g/mol. The first-order valence-electron chi connectivity index (χ1n) is 8.17. The second-order valence-electron chi connectivity index (χ2n) is 5.62. The van der Waals surface area contributed by atoms with Gasteiger partial charge in [0.15, 0.2) is 6.10 Å². The van der Waals surface area contributed by atoms with E-state index in [9.17, 15) is 4.79 Å². The number of amides is 1. The molecule has 26 heavy (non-hydrogen) atoms. The average molecular weight is 368 g/mol. The third-order valence-corrected chi connectivity index (χ3v) is 3.92. The van der Waals surface area contributed by atoms with E-state index in [-0.39, 0.29) is 5.91 Å². The molecule has 0 bridgehead atoms. The third-order valence-electron chi connectivity index (χ3n) is 3.61. The molecule has 3 aromatic rings. The van der Waals surface area contributed by atoms with E-state index in [1.54, 1.807) is 55.5 Å². The van der Waals surface area contributed by atoms with Crippen LogP contribution in [0.3, 0.4) is 0 Å². The zero-order chi connectivity index (χ0) is 18.4. The van der Waals surface area contributed by atoms with Crippen LogP contribution in [-0.2, 0) is 4.79 Å². The van der Waals surface area contributed by atoms with Gasteiger partial charge in [-0.25, -0.2) is 0 Å². The lowest BCUT2D eigenvalue weighted by atomic mass is 10.2. The van der Waals surface area contributed by atoms with Crippen molar-refractivity contribution < 1.29 is 14.3 Å². The Labute approximate surface area is 157 Å². The van der Waals surface area contributed by atoms with Crippen molar-refractivity contribution in [1.82, 2.24) is 0 Å². The molecule has 0 aliphatic heterocycles. The van der Waals surface area contributed by atoms with E-state index < -0.39 is 6.10 Å². The Kier molecular flexibility index (Phi) is 5.77. The van der Waals surface area contributed by atoms with E-state index in [1.807, 2.05) is 30.3 Å². The van der Waals surface area contributed by atoms with Crippen LogP contribution in [-0.4, -0.2) is 12.0 Å². The van der Waals surface area contributed by atoms with Gasteiger partial charge in [-0.05, 0) is 55.5 Å². The lowest BCUT2D eigenvalue weighted by Gasteiger charge is -2.15. The maximum Gasteiger partial charge on any atom is 0.265 e. The second kappa shape index (κ2) is 8.41. The first-order chi connectivity index (χ1) is 12.6. The highest BCUT2D eigenvalue weighted by molar-refractivity contribution is 6.32. The Morgan fingerprint density at radius 2 is 1.50 bits per heavy atom. The van der Waals surface area contributed by atoms with Gasteiger partial charge in [0.2, 0.25) is 0 Å². The molecule has 3 aromatic carbocycles. The first-order valence-corrected chi connectivity index (χ1v) is 8.54. The predicted molar refractivity (Wildman–Crippen MR) is 103 cm³/mol. The number of nitrogens with one attached hydrogen (secondary N) is 1. The molecule has 0 radical (unpaired) electrons. The molecule has 1 atom stereocenters. The molecule has 1 N–H and O–H groups in total. The predicted octanol–water partition coefficient (Wildman–Crippen LogP) is 5.54. The first kappa shape index (κ1) is 17.8. The van der Waals surface area contributed by atoms with E-state index in [0.29, 0.717) is 22.2 Å². The highest BCUT2D eigenvalue weighted by Crippen LogP contribution is 2.25. The molecule has 5 heteroatoms. The molecule has 0 saturated heterocycles. The summed E-state index contributed by atoms with van der Waals surface area (Å²) < 4.78 is 11.3. The maximum atomic E-state index is 12.3. The molecular formula is C21H18ClNO3. The van der Waals surface area contributed by atoms with Crippen LogP contribution in [0.1, 0.15) is 6.92 Å². The van der Waals surface area contributed by atoms with Crippen molar-refractivity contribution in [3.8, 4) is 17.2 Å². The summed E-state index contributed by atoms with van der Waals surface area (Å²) in [6, 6.07) is 23.7. The van der Waals surface area contributed by atoms with Gasteiger partial charge in [-0.15, -0.1) is 0 Å². The monoisotopic (exact) mass is 367 g/mol. The Morgan fingerprint density at radius 3 is 2.19 bits per heavy atom. The van der Waals surface area contributed by atoms with Gasteiger partial charge in [0.05, 0.1) is 5.02 Å². The van der Waals surface area contributed by atoms with Gasteiger partial charge in [0, 0.05) is 5.69 Å². The standard InChI is InChI=1S/C21H18ClNO3/c1-15(25-20-10-6-5-9-19(20)22)21(24)23-16-11-13-18(14-12-16)26-17-7-3-2-4-8-17/h2-15H,1H3,(H,23,24). The SMILES string of the molecule is CC(Oc1ccccc1Cl)C(=O)Nc1ccc(Oc2ccccc2)cc1. The quantitative estimate of drug-likeness (QED) is 0.622. The van der Waals surface area contributed by atoms with Crippen LogP contribution >= 0.6 is 11.6 Å². The lowest BCUT2D eigenvalue weighted by Crippen LogP contribution is -2.30. The highest BCUT2D eigenvalue weighted by atomic mass is 35.5. The molecule has 0 aliphatic rings. The number of hydrogen-bond acceptors (Lipinski definition) is 3. The summed E-state index contributed by atoms with van der Waals surface area (Å²) in [6.07, 6.45) is -0.685. The molecule has 4 nitrogen and oxygen atoms in total. The summed E-state index contributed by atoms with van der Waals surface area (Å²) in [7, 11) is 0. The van der Waals surface area contributed by atoms with E-state index >= 15 is 0 Å². The van der Waals surface area contributed by atoms with Crippen molar-refractivity contribution in [2.45, 2.75) is 13.0 Å². The fraction of sp³-hybridized carbons (Fsp3) is 0.0952. The third kappa shape index (κ3) is 4.77. The summed E-state index contributed by atoms with van der Waals surface area (Å²) in [5.74, 6) is 1.66. The summed E-state index contributed by atoms with van der Waals surface area (Å²) in [4.78, 5) is 12.3. The molecule has 0 saturated carbocycles. The molecule has 1 amide bonds. The smallest absolute Gasteiger partial charge is 0.265 e. The Bertz CT molecular complexity index is 866. The Hall–Kier alpha value is -2.98. The minimum absolute atomic E-state index is 0.262. The minimum atomic E-state index is -0.685. The number of carbonyl (C=O) groups is 1. The van der Waals surface area contributed by atoms with Crippen molar-refractivity contribution in [3.05, 3.63) is 83.9 Å². The van der Waals surface area contributed by atoms with Crippen LogP contribution in [0.25, 0.3) is 0 Å². The van der Waals surface area contributed by atoms with Crippen molar-refractivity contribution in [3.63, 3.8) is 0 Å². The molecule has 1 unspecified atom stereocenters. The Balaban J connectivity index is 1.58. The summed E-state index contributed by atoms with van der Waals surface area (Å²) in [5.41, 5.74) is 0.657. The summed E-state index contributed by atoms with van der Waals surface area (Å²) >= 11 is 6.05. The molecule has 0 spiro atoms. The van der Waals surface area contributed by atoms with Crippen LogP contribution in [0.2, 0.25) is 5.02 Å². The van der Waals surface area contributed by atoms with Gasteiger partial charge in [-0.2, -0.15) is 0 Å². The van der Waals surface area contributed by atoms with E-state index in [1.165, 1.54) is 0 Å². The number of anilines is 1. The van der Waals surface area contributed by atoms with E-state index in [0.717, 1.165) is 5.75 Å². The second-order valence-corrected chi connectivity index (χ2v) is 6.03. The number of ether oxygens (including phenoxy) is 2. The van der Waals surface area contributed by atoms with Crippen LogP contribution in [0.5, 0.6) is 17.2 Å². The topological polar surface area (TPSA) is 47.6 Å². The fourth-order valence-corrected chi connectivity index (χ4v) is 2.44. The van der Waals surface area contributed by atoms with Crippen molar-refractivity contribution >= 4 is 23.2 Å². The molecule has 132 valence electrons. The zero-order valence-corrected chi connectivity index (χ0v) is 14.9. The number of halogens is 1. The van der Waals surface area contributed by atoms with Gasteiger partial charge in [-0.1, -0.05) is 41.9 Å². The number of hydrogen-bond donors (Lipinski definition) is 1.